The van der Waals surface area contributed by atoms with E-state index in [1.165, 1.54) is 24.1 Å². The maximum absolute atomic E-state index is 13.5. The topological polar surface area (TPSA) is 140 Å². The van der Waals surface area contributed by atoms with Gasteiger partial charge in [-0.05, 0) is 29.7 Å². The maximum Gasteiger partial charge on any atom is 0.245 e. The lowest BCUT2D eigenvalue weighted by atomic mass is 9.97. The van der Waals surface area contributed by atoms with Crippen LogP contribution in [0.5, 0.6) is 11.5 Å². The van der Waals surface area contributed by atoms with Gasteiger partial charge in [0.25, 0.3) is 0 Å². The molecule has 2 aromatic carbocycles. The fraction of sp³-hybridized carbons (Fsp3) is 0.433. The largest absolute Gasteiger partial charge is 0.508 e. The lowest BCUT2D eigenvalue weighted by Crippen LogP contribution is -2.59. The number of likely N-dealkylation sites (N-methyl/N-ethyl adjacent to an activating group) is 1. The van der Waals surface area contributed by atoms with Crippen LogP contribution >= 0.6 is 0 Å². The first kappa shape index (κ1) is 30.6. The molecule has 216 valence electrons. The Bertz CT molecular complexity index is 1170. The predicted octanol–water partition coefficient (Wildman–Crippen LogP) is 1.47. The number of aliphatic hydroxyl groups is 1. The molecule has 0 fully saturated rings. The summed E-state index contributed by atoms with van der Waals surface area (Å²) in [5.74, 6) is -0.704. The Labute approximate surface area is 235 Å². The molecular formula is C30H40N4O6. The molecule has 2 aromatic rings. The van der Waals surface area contributed by atoms with Crippen molar-refractivity contribution in [3.63, 3.8) is 0 Å². The van der Waals surface area contributed by atoms with Crippen LogP contribution in [-0.2, 0) is 20.8 Å². The number of aliphatic hydroxyl groups excluding tert-OH is 1. The number of nitrogens with zero attached hydrogens (tertiary/aromatic N) is 1. The number of benzene rings is 2. The van der Waals surface area contributed by atoms with Gasteiger partial charge in [0.05, 0.1) is 12.6 Å². The first-order valence-electron chi connectivity index (χ1n) is 13.6. The summed E-state index contributed by atoms with van der Waals surface area (Å²) in [6.45, 7) is 4.23. The summed E-state index contributed by atoms with van der Waals surface area (Å²) in [7, 11) is 1.48. The van der Waals surface area contributed by atoms with E-state index in [-0.39, 0.29) is 30.5 Å². The van der Waals surface area contributed by atoms with Crippen LogP contribution in [-0.4, -0.2) is 84.3 Å². The standard InChI is InChI=1S/C30H40N4O6/c1-4-20(2)27-30(39)34(3)25(19-35)29(38)33-24(18-21-11-13-23(36)14-12-21)28(37)32-15-7-9-22-8-5-6-10-26(22)40-17-16-31-27/h5-14,20,24-25,27,31,35-36H,4,15-19H2,1-3H3,(H,32,37)(H,33,38)/b9-7+/t20?,24-,25+,27+/m1/s1. The summed E-state index contributed by atoms with van der Waals surface area (Å²) in [6.07, 6.45) is 4.51. The Morgan fingerprint density at radius 1 is 1.07 bits per heavy atom. The van der Waals surface area contributed by atoms with E-state index in [4.69, 9.17) is 4.74 Å². The number of phenols is 1. The second-order valence-corrected chi connectivity index (χ2v) is 9.93. The number of rotatable bonds is 5. The van der Waals surface area contributed by atoms with Gasteiger partial charge in [-0.3, -0.25) is 14.4 Å². The highest BCUT2D eigenvalue weighted by atomic mass is 16.5. The monoisotopic (exact) mass is 552 g/mol. The highest BCUT2D eigenvalue weighted by Gasteiger charge is 2.34. The van der Waals surface area contributed by atoms with Gasteiger partial charge in [-0.25, -0.2) is 0 Å². The molecule has 40 heavy (non-hydrogen) atoms. The Balaban J connectivity index is 1.92. The number of phenolic OH excluding ortho intramolecular Hbond substituents is 1. The second kappa shape index (κ2) is 15.0. The number of aromatic hydroxyl groups is 1. The zero-order chi connectivity index (χ0) is 29.1. The van der Waals surface area contributed by atoms with E-state index in [9.17, 15) is 24.6 Å². The first-order chi connectivity index (χ1) is 19.2. The minimum Gasteiger partial charge on any atom is -0.508 e. The van der Waals surface area contributed by atoms with Crippen LogP contribution in [0.4, 0.5) is 0 Å². The number of para-hydroxylation sites is 1. The predicted molar refractivity (Wildman–Crippen MR) is 153 cm³/mol. The van der Waals surface area contributed by atoms with Crippen molar-refractivity contribution < 1.29 is 29.3 Å². The summed E-state index contributed by atoms with van der Waals surface area (Å²) in [6, 6.07) is 11.1. The highest BCUT2D eigenvalue weighted by Crippen LogP contribution is 2.20. The van der Waals surface area contributed by atoms with Gasteiger partial charge in [0, 0.05) is 32.1 Å². The van der Waals surface area contributed by atoms with E-state index in [0.29, 0.717) is 24.5 Å². The molecular weight excluding hydrogens is 512 g/mol. The molecule has 10 nitrogen and oxygen atoms in total. The van der Waals surface area contributed by atoms with E-state index in [1.807, 2.05) is 44.2 Å². The van der Waals surface area contributed by atoms with Crippen LogP contribution < -0.4 is 20.7 Å². The quantitative estimate of drug-likeness (QED) is 0.378. The number of hydrogen-bond acceptors (Lipinski definition) is 7. The van der Waals surface area contributed by atoms with Crippen molar-refractivity contribution in [2.24, 2.45) is 5.92 Å². The van der Waals surface area contributed by atoms with Crippen molar-refractivity contribution in [3.05, 3.63) is 65.7 Å². The molecule has 0 aliphatic carbocycles. The second-order valence-electron chi connectivity index (χ2n) is 9.93. The number of ether oxygens (including phenoxy) is 1. The van der Waals surface area contributed by atoms with Crippen molar-refractivity contribution in [3.8, 4) is 11.5 Å². The fourth-order valence-corrected chi connectivity index (χ4v) is 4.46. The molecule has 0 bridgehead atoms. The minimum absolute atomic E-state index is 0.0498. The lowest BCUT2D eigenvalue weighted by Gasteiger charge is -2.33. The van der Waals surface area contributed by atoms with Gasteiger partial charge in [-0.15, -0.1) is 0 Å². The van der Waals surface area contributed by atoms with Crippen molar-refractivity contribution in [2.45, 2.75) is 44.8 Å². The summed E-state index contributed by atoms with van der Waals surface area (Å²) in [4.78, 5) is 41.3. The van der Waals surface area contributed by atoms with Crippen LogP contribution in [0.1, 0.15) is 31.4 Å². The number of fused-ring (bicyclic) bond motifs is 1. The third-order valence-corrected chi connectivity index (χ3v) is 7.11. The Kier molecular flexibility index (Phi) is 11.5. The fourth-order valence-electron chi connectivity index (χ4n) is 4.46. The molecule has 3 rings (SSSR count). The molecule has 1 unspecified atom stereocenters. The van der Waals surface area contributed by atoms with Crippen molar-refractivity contribution >= 4 is 23.8 Å². The van der Waals surface area contributed by atoms with E-state index >= 15 is 0 Å². The lowest BCUT2D eigenvalue weighted by molar-refractivity contribution is -0.143. The van der Waals surface area contributed by atoms with E-state index in [0.717, 1.165) is 12.0 Å². The van der Waals surface area contributed by atoms with Gasteiger partial charge in [0.15, 0.2) is 0 Å². The van der Waals surface area contributed by atoms with Crippen molar-refractivity contribution in [1.29, 1.82) is 0 Å². The van der Waals surface area contributed by atoms with Crippen LogP contribution in [0.2, 0.25) is 0 Å². The minimum atomic E-state index is -1.20. The molecule has 0 saturated heterocycles. The number of amides is 3. The van der Waals surface area contributed by atoms with Gasteiger partial charge in [0.2, 0.25) is 17.7 Å². The molecule has 1 heterocycles. The van der Waals surface area contributed by atoms with Crippen LogP contribution in [0.25, 0.3) is 6.08 Å². The summed E-state index contributed by atoms with van der Waals surface area (Å²) in [5.41, 5.74) is 1.56. The van der Waals surface area contributed by atoms with Crippen LogP contribution in [0.3, 0.4) is 0 Å². The van der Waals surface area contributed by atoms with Crippen LogP contribution in [0, 0.1) is 5.92 Å². The van der Waals surface area contributed by atoms with Gasteiger partial charge >= 0.3 is 0 Å². The molecule has 0 aromatic heterocycles. The van der Waals surface area contributed by atoms with Crippen molar-refractivity contribution in [1.82, 2.24) is 20.9 Å². The number of carbonyl (C=O) groups is 3. The molecule has 4 atom stereocenters. The number of hydrogen-bond donors (Lipinski definition) is 5. The summed E-state index contributed by atoms with van der Waals surface area (Å²) < 4.78 is 5.98. The van der Waals surface area contributed by atoms with Crippen molar-refractivity contribution in [2.75, 3.05) is 33.4 Å². The van der Waals surface area contributed by atoms with Gasteiger partial charge in [-0.1, -0.05) is 62.8 Å². The third-order valence-electron chi connectivity index (χ3n) is 7.11. The first-order valence-corrected chi connectivity index (χ1v) is 13.6. The third kappa shape index (κ3) is 8.30. The average molecular weight is 553 g/mol. The zero-order valence-electron chi connectivity index (χ0n) is 23.3. The van der Waals surface area contributed by atoms with Gasteiger partial charge in [0.1, 0.15) is 30.2 Å². The van der Waals surface area contributed by atoms with Gasteiger partial charge in [-0.2, -0.15) is 0 Å². The van der Waals surface area contributed by atoms with E-state index in [1.54, 1.807) is 18.2 Å². The zero-order valence-corrected chi connectivity index (χ0v) is 23.3. The smallest absolute Gasteiger partial charge is 0.245 e. The Hall–Kier alpha value is -3.89. The van der Waals surface area contributed by atoms with Gasteiger partial charge < -0.3 is 35.8 Å². The molecule has 1 aliphatic rings. The molecule has 5 N–H and O–H groups in total. The molecule has 10 heteroatoms. The molecule has 0 radical (unpaired) electrons. The number of nitrogens with one attached hydrogen (secondary N) is 3. The highest BCUT2D eigenvalue weighted by molar-refractivity contribution is 5.93. The maximum atomic E-state index is 13.5. The molecule has 1 aliphatic heterocycles. The summed E-state index contributed by atoms with van der Waals surface area (Å²) >= 11 is 0. The summed E-state index contributed by atoms with van der Waals surface area (Å²) in [5, 5.41) is 28.6. The number of carbonyl (C=O) groups excluding carboxylic acids is 3. The molecule has 3 amide bonds. The van der Waals surface area contributed by atoms with Crippen LogP contribution in [0.15, 0.2) is 54.6 Å². The van der Waals surface area contributed by atoms with E-state index < -0.39 is 36.5 Å². The Morgan fingerprint density at radius 3 is 2.50 bits per heavy atom. The molecule has 0 spiro atoms. The van der Waals surface area contributed by atoms with E-state index in [2.05, 4.69) is 16.0 Å². The Morgan fingerprint density at radius 2 is 1.80 bits per heavy atom. The molecule has 0 saturated carbocycles. The average Bonchev–Trinajstić information content (AvgIpc) is 2.95. The SMILES string of the molecule is CCC(C)[C@@H]1NCCOc2ccccc2/C=C/CNC(=O)[C@@H](Cc2ccc(O)cc2)NC(=O)[C@H](CO)N(C)C1=O. The normalized spacial score (nSPS) is 23.1.